The first kappa shape index (κ1) is 13.0. The van der Waals surface area contributed by atoms with Gasteiger partial charge in [-0.05, 0) is 24.5 Å². The highest BCUT2D eigenvalue weighted by molar-refractivity contribution is 7.98. The summed E-state index contributed by atoms with van der Waals surface area (Å²) in [6.45, 7) is 0. The lowest BCUT2D eigenvalue weighted by Gasteiger charge is -2.03. The van der Waals surface area contributed by atoms with Gasteiger partial charge in [-0.2, -0.15) is 10.4 Å². The van der Waals surface area contributed by atoms with Gasteiger partial charge in [-0.25, -0.2) is 9.48 Å². The minimum Gasteiger partial charge on any atom is -0.477 e. The molecule has 0 atom stereocenters. The van der Waals surface area contributed by atoms with Crippen LogP contribution in [0.5, 0.6) is 0 Å². The van der Waals surface area contributed by atoms with Crippen LogP contribution in [0.3, 0.4) is 0 Å². The maximum Gasteiger partial charge on any atom is 0.342 e. The van der Waals surface area contributed by atoms with Gasteiger partial charge in [0.2, 0.25) is 0 Å². The van der Waals surface area contributed by atoms with Crippen LogP contribution in [0.25, 0.3) is 5.69 Å². The highest BCUT2D eigenvalue weighted by atomic mass is 32.2. The number of anilines is 1. The molecule has 0 spiro atoms. The number of thioether (sulfide) groups is 1. The number of nitrogen functional groups attached to an aromatic ring is 1. The number of aromatic nitrogens is 2. The van der Waals surface area contributed by atoms with Gasteiger partial charge in [-0.1, -0.05) is 6.07 Å². The molecule has 0 saturated carbocycles. The summed E-state index contributed by atoms with van der Waals surface area (Å²) in [5.74, 6) is -1.07. The van der Waals surface area contributed by atoms with Crippen molar-refractivity contribution >= 4 is 23.5 Å². The molecular formula is C12H10N4O2S. The molecule has 2 aromatic rings. The Labute approximate surface area is 113 Å². The number of nitrogens with two attached hydrogens (primary N) is 1. The van der Waals surface area contributed by atoms with Crippen LogP contribution in [0, 0.1) is 11.3 Å². The summed E-state index contributed by atoms with van der Waals surface area (Å²) in [5.41, 5.74) is 6.82. The van der Waals surface area contributed by atoms with Gasteiger partial charge >= 0.3 is 5.97 Å². The predicted octanol–water partition coefficient (Wildman–Crippen LogP) is 1.75. The van der Waals surface area contributed by atoms with Gasteiger partial charge in [0.25, 0.3) is 0 Å². The van der Waals surface area contributed by atoms with Gasteiger partial charge in [0.05, 0.1) is 17.3 Å². The molecule has 3 N–H and O–H groups in total. The molecule has 0 saturated heterocycles. The second-order valence-electron chi connectivity index (χ2n) is 3.65. The Bertz CT molecular complexity index is 688. The summed E-state index contributed by atoms with van der Waals surface area (Å²) in [7, 11) is 0. The average Bonchev–Trinajstić information content (AvgIpc) is 2.75. The van der Waals surface area contributed by atoms with Gasteiger partial charge in [-0.3, -0.25) is 0 Å². The number of aromatic carboxylic acids is 1. The zero-order valence-corrected chi connectivity index (χ0v) is 10.8. The molecule has 0 unspecified atom stereocenters. The molecule has 0 bridgehead atoms. The van der Waals surface area contributed by atoms with Crippen LogP contribution in [-0.2, 0) is 0 Å². The SMILES string of the molecule is CSc1nn(-c2cccc(C#N)c2)c(N)c1C(=O)O. The van der Waals surface area contributed by atoms with E-state index in [0.29, 0.717) is 16.3 Å². The van der Waals surface area contributed by atoms with Crippen molar-refractivity contribution in [2.45, 2.75) is 5.03 Å². The third-order valence-electron chi connectivity index (χ3n) is 2.52. The molecule has 0 amide bonds. The van der Waals surface area contributed by atoms with Gasteiger partial charge in [-0.15, -0.1) is 11.8 Å². The number of nitrogens with zero attached hydrogens (tertiary/aromatic N) is 3. The average molecular weight is 274 g/mol. The van der Waals surface area contributed by atoms with E-state index in [1.807, 2.05) is 6.07 Å². The molecular weight excluding hydrogens is 264 g/mol. The maximum absolute atomic E-state index is 11.2. The number of carbonyl (C=O) groups is 1. The Balaban J connectivity index is 2.63. The molecule has 0 fully saturated rings. The topological polar surface area (TPSA) is 105 Å². The van der Waals surface area contributed by atoms with E-state index in [-0.39, 0.29) is 11.4 Å². The summed E-state index contributed by atoms with van der Waals surface area (Å²) in [5, 5.41) is 22.5. The number of carboxylic acid groups (broad SMARTS) is 1. The highest BCUT2D eigenvalue weighted by Crippen LogP contribution is 2.27. The van der Waals surface area contributed by atoms with Crippen LogP contribution in [0.4, 0.5) is 5.82 Å². The molecule has 0 aliphatic rings. The van der Waals surface area contributed by atoms with Crippen molar-refractivity contribution in [3.63, 3.8) is 0 Å². The Morgan fingerprint density at radius 2 is 2.32 bits per heavy atom. The second-order valence-corrected chi connectivity index (χ2v) is 4.44. The fourth-order valence-corrected chi connectivity index (χ4v) is 2.22. The minimum absolute atomic E-state index is 0.0186. The van der Waals surface area contributed by atoms with Gasteiger partial charge in [0.1, 0.15) is 16.4 Å². The minimum atomic E-state index is -1.12. The van der Waals surface area contributed by atoms with Gasteiger partial charge in [0, 0.05) is 0 Å². The van der Waals surface area contributed by atoms with E-state index < -0.39 is 5.97 Å². The van der Waals surface area contributed by atoms with Crippen LogP contribution in [-0.4, -0.2) is 27.1 Å². The van der Waals surface area contributed by atoms with E-state index in [9.17, 15) is 4.79 Å². The quantitative estimate of drug-likeness (QED) is 0.826. The third kappa shape index (κ3) is 2.26. The van der Waals surface area contributed by atoms with Crippen molar-refractivity contribution in [1.29, 1.82) is 5.26 Å². The number of hydrogen-bond donors (Lipinski definition) is 2. The maximum atomic E-state index is 11.2. The third-order valence-corrected chi connectivity index (χ3v) is 3.19. The summed E-state index contributed by atoms with van der Waals surface area (Å²) in [6, 6.07) is 8.65. The van der Waals surface area contributed by atoms with E-state index in [4.69, 9.17) is 16.1 Å². The fraction of sp³-hybridized carbons (Fsp3) is 0.0833. The van der Waals surface area contributed by atoms with E-state index >= 15 is 0 Å². The molecule has 2 rings (SSSR count). The molecule has 6 nitrogen and oxygen atoms in total. The van der Waals surface area contributed by atoms with E-state index in [1.54, 1.807) is 30.5 Å². The van der Waals surface area contributed by atoms with Crippen molar-refractivity contribution in [3.8, 4) is 11.8 Å². The highest BCUT2D eigenvalue weighted by Gasteiger charge is 2.21. The predicted molar refractivity (Wildman–Crippen MR) is 71.4 cm³/mol. The standard InChI is InChI=1S/C12H10N4O2S/c1-19-11-9(12(17)18)10(14)16(15-11)8-4-2-3-7(5-8)6-13/h2-5H,14H2,1H3,(H,17,18). The first-order valence-corrected chi connectivity index (χ1v) is 6.47. The van der Waals surface area contributed by atoms with Crippen LogP contribution in [0.2, 0.25) is 0 Å². The van der Waals surface area contributed by atoms with Crippen LogP contribution in [0.15, 0.2) is 29.3 Å². The molecule has 0 aliphatic carbocycles. The van der Waals surface area contributed by atoms with Crippen LogP contribution in [0.1, 0.15) is 15.9 Å². The van der Waals surface area contributed by atoms with Crippen molar-refractivity contribution in [2.24, 2.45) is 0 Å². The lowest BCUT2D eigenvalue weighted by atomic mass is 10.2. The summed E-state index contributed by atoms with van der Waals surface area (Å²) in [4.78, 5) is 11.2. The smallest absolute Gasteiger partial charge is 0.342 e. The van der Waals surface area contributed by atoms with Gasteiger partial charge in [0.15, 0.2) is 0 Å². The van der Waals surface area contributed by atoms with Crippen molar-refractivity contribution in [3.05, 3.63) is 35.4 Å². The summed E-state index contributed by atoms with van der Waals surface area (Å²) >= 11 is 1.21. The zero-order chi connectivity index (χ0) is 14.0. The number of benzene rings is 1. The fourth-order valence-electron chi connectivity index (χ4n) is 1.66. The monoisotopic (exact) mass is 274 g/mol. The molecule has 1 aromatic carbocycles. The Hall–Kier alpha value is -2.46. The number of carboxylic acids is 1. The first-order valence-electron chi connectivity index (χ1n) is 5.24. The number of hydrogen-bond acceptors (Lipinski definition) is 5. The molecule has 96 valence electrons. The molecule has 0 radical (unpaired) electrons. The molecule has 7 heteroatoms. The van der Waals surface area contributed by atoms with Gasteiger partial charge < -0.3 is 10.8 Å². The second kappa shape index (κ2) is 5.04. The van der Waals surface area contributed by atoms with Crippen molar-refractivity contribution < 1.29 is 9.90 Å². The molecule has 19 heavy (non-hydrogen) atoms. The Morgan fingerprint density at radius 3 is 2.84 bits per heavy atom. The Morgan fingerprint density at radius 1 is 1.58 bits per heavy atom. The summed E-state index contributed by atoms with van der Waals surface area (Å²) < 4.78 is 1.33. The largest absolute Gasteiger partial charge is 0.477 e. The summed E-state index contributed by atoms with van der Waals surface area (Å²) in [6.07, 6.45) is 1.73. The normalized spacial score (nSPS) is 10.1. The van der Waals surface area contributed by atoms with E-state index in [2.05, 4.69) is 5.10 Å². The molecule has 1 aromatic heterocycles. The van der Waals surface area contributed by atoms with Crippen LogP contribution >= 0.6 is 11.8 Å². The lowest BCUT2D eigenvalue weighted by molar-refractivity contribution is 0.0694. The van der Waals surface area contributed by atoms with Crippen molar-refractivity contribution in [1.82, 2.24) is 9.78 Å². The zero-order valence-electron chi connectivity index (χ0n) is 9.99. The number of rotatable bonds is 3. The van der Waals surface area contributed by atoms with E-state index in [0.717, 1.165) is 0 Å². The Kier molecular flexibility index (Phi) is 3.44. The van der Waals surface area contributed by atoms with E-state index in [1.165, 1.54) is 16.4 Å². The van der Waals surface area contributed by atoms with Crippen molar-refractivity contribution in [2.75, 3.05) is 12.0 Å². The first-order chi connectivity index (χ1) is 9.08. The molecule has 0 aliphatic heterocycles. The number of nitriles is 1. The lowest BCUT2D eigenvalue weighted by Crippen LogP contribution is -2.05. The molecule has 1 heterocycles. The van der Waals surface area contributed by atoms with Crippen LogP contribution < -0.4 is 5.73 Å².